The minimum Gasteiger partial charge on any atom is -0.326 e. The van der Waals surface area contributed by atoms with Crippen LogP contribution in [0.25, 0.3) is 22.3 Å². The van der Waals surface area contributed by atoms with E-state index in [0.29, 0.717) is 22.7 Å². The van der Waals surface area contributed by atoms with Crippen LogP contribution in [0.3, 0.4) is 0 Å². The summed E-state index contributed by atoms with van der Waals surface area (Å²) in [4.78, 5) is 19.9. The molecule has 2 saturated heterocycles. The summed E-state index contributed by atoms with van der Waals surface area (Å²) >= 11 is 0. The number of hydrogen-bond acceptors (Lipinski definition) is 7. The predicted octanol–water partition coefficient (Wildman–Crippen LogP) is 5.69. The Kier molecular flexibility index (Phi) is 6.55. The van der Waals surface area contributed by atoms with E-state index in [1.807, 2.05) is 37.6 Å². The van der Waals surface area contributed by atoms with Crippen molar-refractivity contribution in [3.63, 3.8) is 0 Å². The molecule has 2 aliphatic rings. The smallest absolute Gasteiger partial charge is 0.229 e. The summed E-state index contributed by atoms with van der Waals surface area (Å²) in [5.74, 6) is 0.279. The van der Waals surface area contributed by atoms with Crippen molar-refractivity contribution in [2.75, 3.05) is 25.0 Å². The second-order valence-corrected chi connectivity index (χ2v) is 11.1. The van der Waals surface area contributed by atoms with Gasteiger partial charge < -0.3 is 15.2 Å². The molecule has 10 heteroatoms. The molecule has 2 N–H and O–H groups in total. The van der Waals surface area contributed by atoms with Gasteiger partial charge in [-0.25, -0.2) is 28.7 Å². The molecule has 8 nitrogen and oxygen atoms in total. The molecule has 0 saturated carbocycles. The molecule has 39 heavy (non-hydrogen) atoms. The normalized spacial score (nSPS) is 20.5. The van der Waals surface area contributed by atoms with E-state index < -0.39 is 11.6 Å². The molecule has 204 valence electrons. The topological polar surface area (TPSA) is 83.8 Å². The number of aryl methyl sites for hydroxylation is 1. The predicted molar refractivity (Wildman–Crippen MR) is 148 cm³/mol. The molecular weight excluding hydrogens is 498 g/mol. The summed E-state index contributed by atoms with van der Waals surface area (Å²) in [6, 6.07) is 7.26. The quantitative estimate of drug-likeness (QED) is 0.330. The maximum absolute atomic E-state index is 15.0. The Morgan fingerprint density at radius 3 is 2.59 bits per heavy atom. The molecule has 4 aromatic rings. The van der Waals surface area contributed by atoms with Gasteiger partial charge in [0.1, 0.15) is 22.9 Å². The molecule has 2 fully saturated rings. The van der Waals surface area contributed by atoms with Gasteiger partial charge in [0.05, 0.1) is 11.7 Å². The first-order valence-corrected chi connectivity index (χ1v) is 13.7. The van der Waals surface area contributed by atoms with Crippen molar-refractivity contribution >= 4 is 22.8 Å². The van der Waals surface area contributed by atoms with Crippen LogP contribution in [0.2, 0.25) is 0 Å². The van der Waals surface area contributed by atoms with E-state index >= 15 is 0 Å². The van der Waals surface area contributed by atoms with E-state index in [-0.39, 0.29) is 34.8 Å². The van der Waals surface area contributed by atoms with Gasteiger partial charge in [0.25, 0.3) is 0 Å². The van der Waals surface area contributed by atoms with Gasteiger partial charge in [-0.2, -0.15) is 0 Å². The second kappa shape index (κ2) is 9.91. The van der Waals surface area contributed by atoms with Crippen molar-refractivity contribution in [1.82, 2.24) is 34.7 Å². The van der Waals surface area contributed by atoms with Crippen LogP contribution in [0.5, 0.6) is 0 Å². The van der Waals surface area contributed by atoms with Crippen LogP contribution in [-0.2, 0) is 0 Å². The van der Waals surface area contributed by atoms with Crippen LogP contribution in [0.4, 0.5) is 20.5 Å². The number of nitrogens with one attached hydrogen (secondary N) is 2. The zero-order valence-electron chi connectivity index (χ0n) is 22.8. The van der Waals surface area contributed by atoms with Gasteiger partial charge in [0, 0.05) is 42.5 Å². The average Bonchev–Trinajstić information content (AvgIpc) is 3.64. The van der Waals surface area contributed by atoms with Crippen molar-refractivity contribution in [2.45, 2.75) is 64.6 Å². The fourth-order valence-electron chi connectivity index (χ4n) is 6.19. The number of likely N-dealkylation sites (tertiary alicyclic amines) is 1. The highest BCUT2D eigenvalue weighted by atomic mass is 19.1. The Balaban J connectivity index is 1.22. The Bertz CT molecular complexity index is 1510. The summed E-state index contributed by atoms with van der Waals surface area (Å²) in [6.07, 6.45) is 6.64. The average molecular weight is 533 g/mol. The number of anilines is 2. The van der Waals surface area contributed by atoms with Crippen LogP contribution in [0, 0.1) is 18.6 Å². The lowest BCUT2D eigenvalue weighted by molar-refractivity contribution is 0.238. The standard InChI is InChI=1S/C29H34F2N8/c1-17(2)39-19(4)35-27-22(30)12-21(13-24(27)39)26-23(31)15-33-28(37-26)36-25-7-6-20(14-32-25)18(3)38-11-9-29(16-38)8-5-10-34-29/h6-7,12-15,17-18,34H,5,8-11,16H2,1-4H3,(H,32,33,36,37)/t18-,29?/m0/s1. The first-order valence-electron chi connectivity index (χ1n) is 13.7. The van der Waals surface area contributed by atoms with E-state index in [0.717, 1.165) is 31.4 Å². The molecule has 2 aliphatic heterocycles. The zero-order valence-corrected chi connectivity index (χ0v) is 22.8. The number of halogens is 2. The number of aromatic nitrogens is 5. The van der Waals surface area contributed by atoms with Crippen molar-refractivity contribution in [1.29, 1.82) is 0 Å². The van der Waals surface area contributed by atoms with Gasteiger partial charge >= 0.3 is 0 Å². The summed E-state index contributed by atoms with van der Waals surface area (Å²) in [6.45, 7) is 11.3. The molecule has 1 aromatic carbocycles. The van der Waals surface area contributed by atoms with Crippen LogP contribution in [0.1, 0.15) is 63.5 Å². The summed E-state index contributed by atoms with van der Waals surface area (Å²) in [5.41, 5.74) is 2.61. The summed E-state index contributed by atoms with van der Waals surface area (Å²) in [5, 5.41) is 6.78. The van der Waals surface area contributed by atoms with E-state index in [2.05, 4.69) is 48.5 Å². The molecule has 0 aliphatic carbocycles. The molecule has 2 atom stereocenters. The Labute approximate surface area is 226 Å². The molecule has 3 aromatic heterocycles. The van der Waals surface area contributed by atoms with E-state index in [1.165, 1.54) is 25.3 Å². The molecule has 5 heterocycles. The number of nitrogens with zero attached hydrogens (tertiary/aromatic N) is 6. The van der Waals surface area contributed by atoms with E-state index in [4.69, 9.17) is 0 Å². The number of fused-ring (bicyclic) bond motifs is 1. The molecule has 1 unspecified atom stereocenters. The molecule has 1 spiro atoms. The van der Waals surface area contributed by atoms with Crippen molar-refractivity contribution < 1.29 is 8.78 Å². The fourth-order valence-corrected chi connectivity index (χ4v) is 6.19. The highest BCUT2D eigenvalue weighted by Crippen LogP contribution is 2.35. The lowest BCUT2D eigenvalue weighted by atomic mass is 9.97. The number of pyridine rings is 1. The van der Waals surface area contributed by atoms with Crippen molar-refractivity contribution in [3.8, 4) is 11.3 Å². The van der Waals surface area contributed by atoms with Crippen LogP contribution in [-0.4, -0.2) is 54.6 Å². The van der Waals surface area contributed by atoms with Crippen LogP contribution in [0.15, 0.2) is 36.7 Å². The lowest BCUT2D eigenvalue weighted by Gasteiger charge is -2.28. The second-order valence-electron chi connectivity index (χ2n) is 11.1. The van der Waals surface area contributed by atoms with Gasteiger partial charge in [-0.05, 0) is 77.3 Å². The third-order valence-electron chi connectivity index (χ3n) is 8.23. The third-order valence-corrected chi connectivity index (χ3v) is 8.23. The largest absolute Gasteiger partial charge is 0.326 e. The Morgan fingerprint density at radius 1 is 1.03 bits per heavy atom. The Morgan fingerprint density at radius 2 is 1.87 bits per heavy atom. The first-order chi connectivity index (χ1) is 18.7. The van der Waals surface area contributed by atoms with Crippen LogP contribution < -0.4 is 10.6 Å². The van der Waals surface area contributed by atoms with Crippen LogP contribution >= 0.6 is 0 Å². The van der Waals surface area contributed by atoms with E-state index in [9.17, 15) is 8.78 Å². The molecule has 6 rings (SSSR count). The number of benzene rings is 1. The van der Waals surface area contributed by atoms with Gasteiger partial charge in [-0.15, -0.1) is 0 Å². The summed E-state index contributed by atoms with van der Waals surface area (Å²) in [7, 11) is 0. The molecular formula is C29H34F2N8. The van der Waals surface area contributed by atoms with Gasteiger partial charge in [-0.3, -0.25) is 4.90 Å². The SMILES string of the molecule is Cc1nc2c(F)cc(-c3nc(Nc4ccc([C@H](C)N5CCC6(CCCN6)C5)cn4)ncc3F)cc2n1C(C)C. The number of imidazole rings is 1. The van der Waals surface area contributed by atoms with Gasteiger partial charge in [-0.1, -0.05) is 6.07 Å². The van der Waals surface area contributed by atoms with Gasteiger partial charge in [0.2, 0.25) is 5.95 Å². The minimum absolute atomic E-state index is 0.0104. The monoisotopic (exact) mass is 532 g/mol. The zero-order chi connectivity index (χ0) is 27.3. The highest BCUT2D eigenvalue weighted by molar-refractivity contribution is 5.83. The molecule has 0 radical (unpaired) electrons. The maximum atomic E-state index is 15.0. The summed E-state index contributed by atoms with van der Waals surface area (Å²) < 4.78 is 31.8. The highest BCUT2D eigenvalue weighted by Gasteiger charge is 2.41. The molecule has 0 bridgehead atoms. The number of rotatable bonds is 6. The molecule has 0 amide bonds. The minimum atomic E-state index is -0.635. The first kappa shape index (κ1) is 25.8. The van der Waals surface area contributed by atoms with E-state index in [1.54, 1.807) is 6.07 Å². The van der Waals surface area contributed by atoms with Crippen molar-refractivity contribution in [3.05, 3.63) is 59.7 Å². The fraction of sp³-hybridized carbons (Fsp3) is 0.448. The third kappa shape index (κ3) is 4.76. The maximum Gasteiger partial charge on any atom is 0.229 e. The van der Waals surface area contributed by atoms with Gasteiger partial charge in [0.15, 0.2) is 11.6 Å². The van der Waals surface area contributed by atoms with Crippen molar-refractivity contribution in [2.24, 2.45) is 0 Å². The Hall–Kier alpha value is -3.50. The lowest BCUT2D eigenvalue weighted by Crippen LogP contribution is -2.42. The number of hydrogen-bond donors (Lipinski definition) is 2.